The Hall–Kier alpha value is -0.800. The molecular weight excluding hydrogens is 190 g/mol. The Labute approximate surface area is 90.8 Å². The molecule has 1 fully saturated rings. The van der Waals surface area contributed by atoms with Gasteiger partial charge in [0.05, 0.1) is 6.26 Å². The van der Waals surface area contributed by atoms with Crippen LogP contribution in [0.2, 0.25) is 0 Å². The molecule has 0 saturated heterocycles. The van der Waals surface area contributed by atoms with E-state index in [9.17, 15) is 0 Å². The Kier molecular flexibility index (Phi) is 3.80. The molecule has 3 nitrogen and oxygen atoms in total. The Morgan fingerprint density at radius 1 is 1.53 bits per heavy atom. The fourth-order valence-electron chi connectivity index (χ4n) is 1.46. The number of nitrogens with one attached hydrogen (secondary N) is 1. The summed E-state index contributed by atoms with van der Waals surface area (Å²) in [6, 6.07) is 2.82. The zero-order valence-electron chi connectivity index (χ0n) is 9.29. The number of rotatable bonds is 7. The molecule has 3 heteroatoms. The van der Waals surface area contributed by atoms with E-state index in [0.717, 1.165) is 31.4 Å². The first-order valence-corrected chi connectivity index (χ1v) is 5.76. The molecule has 1 aliphatic carbocycles. The fourth-order valence-corrected chi connectivity index (χ4v) is 1.46. The maximum atomic E-state index is 5.41. The molecule has 84 valence electrons. The molecule has 0 aromatic carbocycles. The first-order chi connectivity index (χ1) is 7.38. The fraction of sp³-hybridized carbons (Fsp3) is 0.667. The smallest absolute Gasteiger partial charge is 0.129 e. The summed E-state index contributed by atoms with van der Waals surface area (Å²) >= 11 is 0. The van der Waals surface area contributed by atoms with Crippen molar-refractivity contribution < 1.29 is 9.15 Å². The van der Waals surface area contributed by atoms with E-state index in [0.29, 0.717) is 6.61 Å². The van der Waals surface area contributed by atoms with Crippen molar-refractivity contribution in [2.75, 3.05) is 6.61 Å². The molecule has 1 N–H and O–H groups in total. The van der Waals surface area contributed by atoms with Gasteiger partial charge in [0.2, 0.25) is 0 Å². The monoisotopic (exact) mass is 209 g/mol. The minimum atomic E-state index is 0.595. The van der Waals surface area contributed by atoms with Gasteiger partial charge in [-0.05, 0) is 25.3 Å². The van der Waals surface area contributed by atoms with Crippen LogP contribution in [0, 0.1) is 0 Å². The van der Waals surface area contributed by atoms with Gasteiger partial charge in [0.1, 0.15) is 12.4 Å². The van der Waals surface area contributed by atoms with Gasteiger partial charge in [0.15, 0.2) is 0 Å². The van der Waals surface area contributed by atoms with Crippen molar-refractivity contribution in [2.24, 2.45) is 0 Å². The largest absolute Gasteiger partial charge is 0.467 e. The predicted octanol–water partition coefficient (Wildman–Crippen LogP) is 2.46. The average molecular weight is 209 g/mol. The molecule has 0 radical (unpaired) electrons. The van der Waals surface area contributed by atoms with E-state index in [1.165, 1.54) is 18.4 Å². The second kappa shape index (κ2) is 5.33. The maximum Gasteiger partial charge on any atom is 0.129 e. The minimum absolute atomic E-state index is 0.595. The number of hydrogen-bond donors (Lipinski definition) is 1. The van der Waals surface area contributed by atoms with Crippen LogP contribution >= 0.6 is 0 Å². The van der Waals surface area contributed by atoms with Crippen LogP contribution in [0.25, 0.3) is 0 Å². The summed E-state index contributed by atoms with van der Waals surface area (Å²) in [4.78, 5) is 0. The maximum absolute atomic E-state index is 5.41. The molecule has 1 aliphatic rings. The van der Waals surface area contributed by atoms with Crippen molar-refractivity contribution in [3.05, 3.63) is 23.7 Å². The molecule has 1 saturated carbocycles. The van der Waals surface area contributed by atoms with Crippen LogP contribution in [0.1, 0.15) is 37.5 Å². The van der Waals surface area contributed by atoms with E-state index in [4.69, 9.17) is 9.15 Å². The van der Waals surface area contributed by atoms with Gasteiger partial charge in [0, 0.05) is 24.8 Å². The van der Waals surface area contributed by atoms with Gasteiger partial charge in [-0.25, -0.2) is 0 Å². The lowest BCUT2D eigenvalue weighted by Gasteiger charge is -1.98. The SMILES string of the molecule is CCCOCc1cc(CNC2CC2)co1. The molecule has 0 unspecified atom stereocenters. The van der Waals surface area contributed by atoms with Crippen LogP contribution in [0.3, 0.4) is 0 Å². The third-order valence-electron chi connectivity index (χ3n) is 2.47. The molecule has 0 bridgehead atoms. The van der Waals surface area contributed by atoms with Gasteiger partial charge in [-0.15, -0.1) is 0 Å². The van der Waals surface area contributed by atoms with E-state index < -0.39 is 0 Å². The van der Waals surface area contributed by atoms with Gasteiger partial charge >= 0.3 is 0 Å². The molecule has 0 aliphatic heterocycles. The summed E-state index contributed by atoms with van der Waals surface area (Å²) in [5, 5.41) is 3.45. The Morgan fingerprint density at radius 3 is 3.13 bits per heavy atom. The average Bonchev–Trinajstić information content (AvgIpc) is 2.97. The van der Waals surface area contributed by atoms with Crippen LogP contribution in [-0.4, -0.2) is 12.6 Å². The highest BCUT2D eigenvalue weighted by Gasteiger charge is 2.20. The Morgan fingerprint density at radius 2 is 2.40 bits per heavy atom. The van der Waals surface area contributed by atoms with Crippen LogP contribution < -0.4 is 5.32 Å². The summed E-state index contributed by atoms with van der Waals surface area (Å²) in [5.41, 5.74) is 1.22. The summed E-state index contributed by atoms with van der Waals surface area (Å²) in [7, 11) is 0. The van der Waals surface area contributed by atoms with Crippen molar-refractivity contribution in [2.45, 2.75) is 45.4 Å². The summed E-state index contributed by atoms with van der Waals surface area (Å²) in [6.07, 6.45) is 5.52. The first kappa shape index (κ1) is 10.7. The van der Waals surface area contributed by atoms with E-state index in [2.05, 4.69) is 18.3 Å². The van der Waals surface area contributed by atoms with Crippen molar-refractivity contribution >= 4 is 0 Å². The summed E-state index contributed by atoms with van der Waals surface area (Å²) in [5.74, 6) is 0.927. The van der Waals surface area contributed by atoms with E-state index in [1.54, 1.807) is 0 Å². The lowest BCUT2D eigenvalue weighted by molar-refractivity contribution is 0.107. The molecule has 2 rings (SSSR count). The molecule has 15 heavy (non-hydrogen) atoms. The molecule has 0 amide bonds. The Bertz CT molecular complexity index is 292. The first-order valence-electron chi connectivity index (χ1n) is 5.76. The van der Waals surface area contributed by atoms with Crippen LogP contribution in [0.4, 0.5) is 0 Å². The third-order valence-corrected chi connectivity index (χ3v) is 2.47. The van der Waals surface area contributed by atoms with Crippen molar-refractivity contribution in [3.63, 3.8) is 0 Å². The third kappa shape index (κ3) is 3.68. The number of hydrogen-bond acceptors (Lipinski definition) is 3. The predicted molar refractivity (Wildman–Crippen MR) is 58.5 cm³/mol. The second-order valence-electron chi connectivity index (χ2n) is 4.13. The van der Waals surface area contributed by atoms with Crippen LogP contribution in [0.15, 0.2) is 16.7 Å². The number of ether oxygens (including phenoxy) is 1. The molecule has 1 heterocycles. The van der Waals surface area contributed by atoms with Gasteiger partial charge < -0.3 is 14.5 Å². The van der Waals surface area contributed by atoms with Gasteiger partial charge in [0.25, 0.3) is 0 Å². The number of furan rings is 1. The summed E-state index contributed by atoms with van der Waals surface area (Å²) in [6.45, 7) is 4.42. The van der Waals surface area contributed by atoms with Crippen molar-refractivity contribution in [1.29, 1.82) is 0 Å². The zero-order chi connectivity index (χ0) is 10.5. The molecule has 0 atom stereocenters. The zero-order valence-corrected chi connectivity index (χ0v) is 9.29. The standard InChI is InChI=1S/C12H19NO2/c1-2-5-14-9-12-6-10(8-15-12)7-13-11-3-4-11/h6,8,11,13H,2-5,7,9H2,1H3. The Balaban J connectivity index is 1.70. The highest BCUT2D eigenvalue weighted by atomic mass is 16.5. The van der Waals surface area contributed by atoms with Gasteiger partial charge in [-0.3, -0.25) is 0 Å². The van der Waals surface area contributed by atoms with Crippen LogP contribution in [0.5, 0.6) is 0 Å². The van der Waals surface area contributed by atoms with Crippen LogP contribution in [-0.2, 0) is 17.9 Å². The highest BCUT2D eigenvalue weighted by molar-refractivity contribution is 5.12. The quantitative estimate of drug-likeness (QED) is 0.700. The molecular formula is C12H19NO2. The molecule has 1 aromatic heterocycles. The topological polar surface area (TPSA) is 34.4 Å². The molecule has 1 aromatic rings. The lowest BCUT2D eigenvalue weighted by Crippen LogP contribution is -2.14. The van der Waals surface area contributed by atoms with E-state index in [-0.39, 0.29) is 0 Å². The van der Waals surface area contributed by atoms with Gasteiger partial charge in [-0.2, -0.15) is 0 Å². The normalized spacial score (nSPS) is 15.8. The summed E-state index contributed by atoms with van der Waals surface area (Å²) < 4.78 is 10.8. The van der Waals surface area contributed by atoms with Crippen molar-refractivity contribution in [3.8, 4) is 0 Å². The lowest BCUT2D eigenvalue weighted by atomic mass is 10.3. The van der Waals surface area contributed by atoms with Crippen molar-refractivity contribution in [1.82, 2.24) is 5.32 Å². The van der Waals surface area contributed by atoms with E-state index in [1.807, 2.05) is 6.26 Å². The van der Waals surface area contributed by atoms with E-state index >= 15 is 0 Å². The molecule has 0 spiro atoms. The minimum Gasteiger partial charge on any atom is -0.467 e. The van der Waals surface area contributed by atoms with Gasteiger partial charge in [-0.1, -0.05) is 6.92 Å². The second-order valence-corrected chi connectivity index (χ2v) is 4.13. The highest BCUT2D eigenvalue weighted by Crippen LogP contribution is 2.19.